The predicted octanol–water partition coefficient (Wildman–Crippen LogP) is 3.32. The summed E-state index contributed by atoms with van der Waals surface area (Å²) in [5, 5.41) is 346. The SMILES string of the molecule is CNC(CO)C(O)CCC(O)CCC(O)CCC(O)CCC(O)CCC(O)CCC(O)CCC(O)CCC(O)CCC(O)CCC(O)CCC(O)CCC(O)CCC(O)CCC(O)CCC(O)CCC(O)CCC(O)CCC(O)CCC(O)CCC(O)CCC(O)CCC(O)CCC(O)CCC(O)CCC(O)CCC(O)CCC(O)CCC(O)CCC(O)CCC(O)CCC(C)O. The van der Waals surface area contributed by atoms with Crippen molar-refractivity contribution in [3.8, 4) is 0 Å². The monoisotopic (exact) mass is 1920 g/mol. The van der Waals surface area contributed by atoms with Crippen molar-refractivity contribution in [1.29, 1.82) is 0 Å². The Labute approximate surface area is 790 Å². The van der Waals surface area contributed by atoms with Crippen LogP contribution in [-0.4, -0.2) is 384 Å². The van der Waals surface area contributed by atoms with Crippen molar-refractivity contribution in [2.75, 3.05) is 13.7 Å². The van der Waals surface area contributed by atoms with Crippen LogP contribution in [0.1, 0.15) is 405 Å². The molecule has 34 nitrogen and oxygen atoms in total. The number of aliphatic hydroxyl groups is 33. The van der Waals surface area contributed by atoms with Crippen molar-refractivity contribution >= 4 is 0 Å². The Morgan fingerprint density at radius 3 is 0.250 bits per heavy atom. The van der Waals surface area contributed by atoms with Gasteiger partial charge in [-0.1, -0.05) is 0 Å². The highest BCUT2D eigenvalue weighted by Gasteiger charge is 2.27. The third-order valence-electron chi connectivity index (χ3n) is 26.9. The summed E-state index contributed by atoms with van der Waals surface area (Å²) in [7, 11) is 1.63. The molecule has 0 aliphatic rings. The van der Waals surface area contributed by atoms with Crippen LogP contribution in [0.25, 0.3) is 0 Å². The zero-order chi connectivity index (χ0) is 99.3. The Bertz CT molecular complexity index is 2380. The van der Waals surface area contributed by atoms with Crippen LogP contribution in [0.3, 0.4) is 0 Å². The van der Waals surface area contributed by atoms with Crippen molar-refractivity contribution in [2.45, 2.75) is 606 Å². The quantitative estimate of drug-likeness (QED) is 0.0415. The Morgan fingerprint density at radius 1 is 0.121 bits per heavy atom. The molecule has 0 heterocycles. The van der Waals surface area contributed by atoms with E-state index in [1.807, 2.05) is 0 Å². The molecule has 0 aromatic carbocycles. The lowest BCUT2D eigenvalue weighted by molar-refractivity contribution is 0.0532. The lowest BCUT2D eigenvalue weighted by atomic mass is 9.96. The Balaban J connectivity index is 4.09. The topological polar surface area (TPSA) is 680 Å². The lowest BCUT2D eigenvalue weighted by Crippen LogP contribution is -2.41. The van der Waals surface area contributed by atoms with Gasteiger partial charge in [0.2, 0.25) is 0 Å². The van der Waals surface area contributed by atoms with E-state index in [-0.39, 0.29) is 231 Å². The second-order valence-corrected chi connectivity index (χ2v) is 40.0. The van der Waals surface area contributed by atoms with Gasteiger partial charge < -0.3 is 174 Å². The molecule has 0 aliphatic heterocycles. The average molecular weight is 1920 g/mol. The first-order valence-corrected chi connectivity index (χ1v) is 51.5. The molecule has 33 unspecified atom stereocenters. The van der Waals surface area contributed by atoms with Gasteiger partial charge in [-0.2, -0.15) is 0 Å². The molecular formula is C98H199NO33. The lowest BCUT2D eigenvalue weighted by Gasteiger charge is -2.22. The van der Waals surface area contributed by atoms with Crippen LogP contribution in [0.4, 0.5) is 0 Å². The Kier molecular flexibility index (Phi) is 81.3. The Morgan fingerprint density at radius 2 is 0.189 bits per heavy atom. The van der Waals surface area contributed by atoms with E-state index in [9.17, 15) is 169 Å². The van der Waals surface area contributed by atoms with Crippen LogP contribution < -0.4 is 5.32 Å². The smallest absolute Gasteiger partial charge is 0.0716 e. The highest BCUT2D eigenvalue weighted by molar-refractivity contribution is 4.80. The molecule has 33 atom stereocenters. The van der Waals surface area contributed by atoms with Gasteiger partial charge in [-0.15, -0.1) is 0 Å². The summed E-state index contributed by atoms with van der Waals surface area (Å²) >= 11 is 0. The van der Waals surface area contributed by atoms with E-state index in [1.165, 1.54) is 0 Å². The van der Waals surface area contributed by atoms with Gasteiger partial charge in [0.25, 0.3) is 0 Å². The number of hydrogen-bond acceptors (Lipinski definition) is 34. The van der Waals surface area contributed by atoms with Gasteiger partial charge >= 0.3 is 0 Å². The predicted molar refractivity (Wildman–Crippen MR) is 504 cm³/mol. The van der Waals surface area contributed by atoms with Gasteiger partial charge in [0.15, 0.2) is 0 Å². The van der Waals surface area contributed by atoms with E-state index in [0.29, 0.717) is 173 Å². The molecule has 0 aromatic rings. The Hall–Kier alpha value is -1.36. The summed E-state index contributed by atoms with van der Waals surface area (Å²) in [6.45, 7) is 1.43. The number of likely N-dealkylation sites (N-methyl/N-ethyl adjacent to an activating group) is 1. The van der Waals surface area contributed by atoms with Crippen LogP contribution in [0.2, 0.25) is 0 Å². The fourth-order valence-electron chi connectivity index (χ4n) is 16.9. The molecule has 34 heteroatoms. The molecule has 34 N–H and O–H groups in total. The summed E-state index contributed by atoms with van der Waals surface area (Å²) in [6, 6.07) is -0.479. The summed E-state index contributed by atoms with van der Waals surface area (Å²) in [6.07, 6.45) is -5.36. The molecule has 0 saturated carbocycles. The largest absolute Gasteiger partial charge is 0.395 e. The molecule has 132 heavy (non-hydrogen) atoms. The molecule has 0 radical (unpaired) electrons. The van der Waals surface area contributed by atoms with E-state index in [4.69, 9.17) is 0 Å². The molecule has 0 rings (SSSR count). The molecule has 0 bridgehead atoms. The molecule has 0 amide bonds. The van der Waals surface area contributed by atoms with Gasteiger partial charge in [-0.25, -0.2) is 0 Å². The van der Waals surface area contributed by atoms with Crippen molar-refractivity contribution in [3.63, 3.8) is 0 Å². The van der Waals surface area contributed by atoms with E-state index in [0.717, 1.165) is 0 Å². The second kappa shape index (κ2) is 82.1. The summed E-state index contributed by atoms with van der Waals surface area (Å²) in [5.74, 6) is 0. The van der Waals surface area contributed by atoms with E-state index < -0.39 is 201 Å². The third-order valence-corrected chi connectivity index (χ3v) is 26.9. The van der Waals surface area contributed by atoms with Crippen molar-refractivity contribution in [3.05, 3.63) is 0 Å². The highest BCUT2D eigenvalue weighted by Crippen LogP contribution is 2.28. The summed E-state index contributed by atoms with van der Waals surface area (Å²) in [4.78, 5) is 0. The average Bonchev–Trinajstić information content (AvgIpc) is 0.891. The van der Waals surface area contributed by atoms with Crippen LogP contribution in [-0.2, 0) is 0 Å². The zero-order valence-electron chi connectivity index (χ0n) is 80.9. The van der Waals surface area contributed by atoms with E-state index >= 15 is 0 Å². The highest BCUT2D eigenvalue weighted by atomic mass is 16.3. The van der Waals surface area contributed by atoms with Gasteiger partial charge in [0.05, 0.1) is 208 Å². The van der Waals surface area contributed by atoms with Crippen molar-refractivity contribution in [1.82, 2.24) is 5.32 Å². The molecule has 0 saturated heterocycles. The molecule has 0 spiro atoms. The van der Waals surface area contributed by atoms with E-state index in [2.05, 4.69) is 5.32 Å². The van der Waals surface area contributed by atoms with Gasteiger partial charge in [-0.3, -0.25) is 0 Å². The minimum Gasteiger partial charge on any atom is -0.395 e. The number of aliphatic hydroxyl groups excluding tert-OH is 33. The van der Waals surface area contributed by atoms with Crippen LogP contribution >= 0.6 is 0 Å². The summed E-state index contributed by atoms with van der Waals surface area (Å²) in [5.41, 5.74) is 0. The summed E-state index contributed by atoms with van der Waals surface area (Å²) < 4.78 is 0. The van der Waals surface area contributed by atoms with Gasteiger partial charge in [0, 0.05) is 0 Å². The van der Waals surface area contributed by atoms with Crippen molar-refractivity contribution in [2.24, 2.45) is 0 Å². The maximum absolute atomic E-state index is 10.6. The number of rotatable bonds is 96. The van der Waals surface area contributed by atoms with E-state index in [1.54, 1.807) is 14.0 Å². The molecule has 0 aliphatic carbocycles. The minimum atomic E-state index is -0.807. The fourth-order valence-corrected chi connectivity index (χ4v) is 16.9. The molecule has 794 valence electrons. The maximum atomic E-state index is 10.6. The first kappa shape index (κ1) is 131. The molecule has 0 aromatic heterocycles. The van der Waals surface area contributed by atoms with Crippen molar-refractivity contribution < 1.29 is 169 Å². The fraction of sp³-hybridized carbons (Fsp3) is 1.00. The first-order valence-electron chi connectivity index (χ1n) is 51.5. The van der Waals surface area contributed by atoms with Crippen LogP contribution in [0, 0.1) is 0 Å². The van der Waals surface area contributed by atoms with Gasteiger partial charge in [0.1, 0.15) is 0 Å². The van der Waals surface area contributed by atoms with Crippen LogP contribution in [0.15, 0.2) is 0 Å². The first-order chi connectivity index (χ1) is 62.4. The maximum Gasteiger partial charge on any atom is 0.0716 e. The third kappa shape index (κ3) is 80.2. The van der Waals surface area contributed by atoms with Gasteiger partial charge in [-0.05, 0) is 412 Å². The second-order valence-electron chi connectivity index (χ2n) is 40.0. The number of hydrogen-bond donors (Lipinski definition) is 34. The number of nitrogens with one attached hydrogen (secondary N) is 1. The zero-order valence-corrected chi connectivity index (χ0v) is 80.9. The normalized spacial score (nSPS) is 20.1. The standard InChI is InChI=1S/C98H199NO33/c1-66(101)3-4-67(102)5-6-68(103)7-8-69(104)9-10-70(105)11-12-71(106)13-14-72(107)15-16-73(108)17-18-74(109)19-20-75(110)21-22-76(111)23-24-77(112)25-26-78(113)27-28-79(114)29-30-80(115)31-32-81(116)33-34-82(117)35-36-83(118)37-38-84(119)39-40-85(120)41-42-86(121)43-44-87(122)45-46-88(123)47-48-89(124)49-50-90(125)51-52-91(126)53-54-92(127)55-56-93(128)57-58-94(129)59-60-95(130)61-62-96(131)63-64-98(132)97(65-100)99-2/h66-132H,3-65H2,1-2H3. The molecular weight excluding hydrogens is 1720 g/mol. The van der Waals surface area contributed by atoms with Crippen LogP contribution in [0.5, 0.6) is 0 Å². The molecule has 0 fully saturated rings. The minimum absolute atomic E-state index is 0.228.